The van der Waals surface area contributed by atoms with Crippen LogP contribution in [0.25, 0.3) is 0 Å². The molecule has 28 heavy (non-hydrogen) atoms. The Labute approximate surface area is 161 Å². The van der Waals surface area contributed by atoms with E-state index in [9.17, 15) is 24.5 Å². The number of benzene rings is 2. The Balaban J connectivity index is 1.72. The van der Waals surface area contributed by atoms with Gasteiger partial charge in [-0.1, -0.05) is 18.2 Å². The van der Waals surface area contributed by atoms with Gasteiger partial charge in [0.2, 0.25) is 5.91 Å². The highest BCUT2D eigenvalue weighted by Crippen LogP contribution is 2.26. The molecule has 144 valence electrons. The van der Waals surface area contributed by atoms with Crippen LogP contribution in [0.5, 0.6) is 0 Å². The van der Waals surface area contributed by atoms with E-state index < -0.39 is 29.2 Å². The summed E-state index contributed by atoms with van der Waals surface area (Å²) in [6, 6.07) is 9.01. The van der Waals surface area contributed by atoms with Crippen LogP contribution in [0.15, 0.2) is 36.4 Å². The molecule has 0 spiro atoms. The van der Waals surface area contributed by atoms with Crippen LogP contribution in [-0.2, 0) is 4.79 Å². The van der Waals surface area contributed by atoms with Gasteiger partial charge in [0.1, 0.15) is 6.54 Å². The van der Waals surface area contributed by atoms with Gasteiger partial charge in [-0.15, -0.1) is 0 Å². The third-order valence-corrected chi connectivity index (χ3v) is 4.88. The molecule has 1 aliphatic rings. The average Bonchev–Trinajstić information content (AvgIpc) is 2.88. The molecular weight excluding hydrogens is 362 g/mol. The van der Waals surface area contributed by atoms with E-state index in [0.29, 0.717) is 0 Å². The highest BCUT2D eigenvalue weighted by Gasteiger charge is 2.37. The number of aryl methyl sites for hydroxylation is 2. The summed E-state index contributed by atoms with van der Waals surface area (Å²) in [4.78, 5) is 48.3. The lowest BCUT2D eigenvalue weighted by molar-refractivity contribution is -0.384. The number of carbonyl (C=O) groups excluding carboxylic acids is 3. The van der Waals surface area contributed by atoms with Crippen LogP contribution in [0.3, 0.4) is 0 Å². The third kappa shape index (κ3) is 3.48. The smallest absolute Gasteiger partial charge is 0.270 e. The number of rotatable bonds is 5. The number of nitrogens with one attached hydrogen (secondary N) is 1. The van der Waals surface area contributed by atoms with Crippen LogP contribution in [0, 0.1) is 24.0 Å². The zero-order valence-electron chi connectivity index (χ0n) is 15.7. The quantitative estimate of drug-likeness (QED) is 0.486. The summed E-state index contributed by atoms with van der Waals surface area (Å²) >= 11 is 0. The molecule has 0 radical (unpaired) electrons. The molecule has 0 fully saturated rings. The lowest BCUT2D eigenvalue weighted by Gasteiger charge is -2.18. The van der Waals surface area contributed by atoms with Crippen molar-refractivity contribution in [2.45, 2.75) is 26.8 Å². The Kier molecular flexibility index (Phi) is 4.96. The normalized spacial score (nSPS) is 14.0. The molecule has 8 heteroatoms. The number of nitrogens with zero attached hydrogens (tertiary/aromatic N) is 2. The standard InChI is InChI=1S/C20H19N3O5/c1-11-4-5-14(8-12(11)2)13(3)21-18(24)10-22-19(25)16-7-6-15(23(27)28)9-17(16)20(22)26/h4-9,13H,10H2,1-3H3,(H,21,24)/t13-/m0/s1. The van der Waals surface area contributed by atoms with Gasteiger partial charge in [-0.05, 0) is 43.5 Å². The minimum Gasteiger partial charge on any atom is -0.348 e. The first kappa shape index (κ1) is 19.2. The van der Waals surface area contributed by atoms with E-state index in [2.05, 4.69) is 5.32 Å². The van der Waals surface area contributed by atoms with E-state index in [4.69, 9.17) is 0 Å². The predicted octanol–water partition coefficient (Wildman–Crippen LogP) is 2.69. The van der Waals surface area contributed by atoms with Crippen LogP contribution in [0.2, 0.25) is 0 Å². The van der Waals surface area contributed by atoms with Gasteiger partial charge in [0.05, 0.1) is 22.1 Å². The second-order valence-electron chi connectivity index (χ2n) is 6.82. The molecule has 1 atom stereocenters. The number of hydrogen-bond acceptors (Lipinski definition) is 5. The SMILES string of the molecule is Cc1ccc([C@H](C)NC(=O)CN2C(=O)c3ccc([N+](=O)[O-])cc3C2=O)cc1C. The van der Waals surface area contributed by atoms with Gasteiger partial charge in [0.25, 0.3) is 17.5 Å². The topological polar surface area (TPSA) is 110 Å². The van der Waals surface area contributed by atoms with Crippen LogP contribution >= 0.6 is 0 Å². The molecule has 0 saturated carbocycles. The summed E-state index contributed by atoms with van der Waals surface area (Å²) in [5.74, 6) is -1.84. The second-order valence-corrected chi connectivity index (χ2v) is 6.82. The van der Waals surface area contributed by atoms with Crippen molar-refractivity contribution >= 4 is 23.4 Å². The maximum atomic E-state index is 12.5. The Morgan fingerprint density at radius 3 is 2.39 bits per heavy atom. The van der Waals surface area contributed by atoms with E-state index in [1.807, 2.05) is 39.0 Å². The molecule has 1 N–H and O–H groups in total. The molecule has 2 aromatic carbocycles. The number of fused-ring (bicyclic) bond motifs is 1. The monoisotopic (exact) mass is 381 g/mol. The molecule has 8 nitrogen and oxygen atoms in total. The molecule has 3 rings (SSSR count). The maximum absolute atomic E-state index is 12.5. The molecule has 0 aliphatic carbocycles. The van der Waals surface area contributed by atoms with Crippen molar-refractivity contribution in [3.8, 4) is 0 Å². The zero-order chi connectivity index (χ0) is 20.6. The van der Waals surface area contributed by atoms with Crippen molar-refractivity contribution in [1.82, 2.24) is 10.2 Å². The summed E-state index contributed by atoms with van der Waals surface area (Å²) in [6.45, 7) is 5.34. The van der Waals surface area contributed by atoms with Gasteiger partial charge < -0.3 is 5.32 Å². The molecule has 1 aliphatic heterocycles. The van der Waals surface area contributed by atoms with Gasteiger partial charge in [0, 0.05) is 12.1 Å². The highest BCUT2D eigenvalue weighted by atomic mass is 16.6. The number of nitro groups is 1. The molecule has 0 saturated heterocycles. The molecule has 0 unspecified atom stereocenters. The lowest BCUT2D eigenvalue weighted by atomic mass is 10.0. The van der Waals surface area contributed by atoms with E-state index in [1.165, 1.54) is 6.07 Å². The van der Waals surface area contributed by atoms with Gasteiger partial charge in [-0.2, -0.15) is 0 Å². The fourth-order valence-electron chi connectivity index (χ4n) is 3.08. The first-order chi connectivity index (χ1) is 13.2. The minimum atomic E-state index is -0.710. The summed E-state index contributed by atoms with van der Waals surface area (Å²) < 4.78 is 0. The van der Waals surface area contributed by atoms with Crippen LogP contribution < -0.4 is 5.32 Å². The molecule has 0 bridgehead atoms. The first-order valence-electron chi connectivity index (χ1n) is 8.70. The van der Waals surface area contributed by atoms with E-state index in [1.54, 1.807) is 0 Å². The fourth-order valence-corrected chi connectivity index (χ4v) is 3.08. The molecule has 1 heterocycles. The molecule has 2 aromatic rings. The third-order valence-electron chi connectivity index (χ3n) is 4.88. The van der Waals surface area contributed by atoms with Gasteiger partial charge in [0.15, 0.2) is 0 Å². The summed E-state index contributed by atoms with van der Waals surface area (Å²) in [7, 11) is 0. The van der Waals surface area contributed by atoms with E-state index >= 15 is 0 Å². The van der Waals surface area contributed by atoms with Crippen molar-refractivity contribution < 1.29 is 19.3 Å². The zero-order valence-corrected chi connectivity index (χ0v) is 15.7. The van der Waals surface area contributed by atoms with Crippen molar-refractivity contribution in [2.24, 2.45) is 0 Å². The van der Waals surface area contributed by atoms with E-state index in [-0.39, 0.29) is 22.9 Å². The largest absolute Gasteiger partial charge is 0.348 e. The van der Waals surface area contributed by atoms with E-state index in [0.717, 1.165) is 33.7 Å². The van der Waals surface area contributed by atoms with Gasteiger partial charge in [-0.3, -0.25) is 29.4 Å². The Bertz CT molecular complexity index is 1010. The first-order valence-corrected chi connectivity index (χ1v) is 8.70. The molecular formula is C20H19N3O5. The number of imide groups is 1. The Hall–Kier alpha value is -3.55. The summed E-state index contributed by atoms with van der Waals surface area (Å²) in [5, 5.41) is 13.7. The Morgan fingerprint density at radius 1 is 1.07 bits per heavy atom. The lowest BCUT2D eigenvalue weighted by Crippen LogP contribution is -2.41. The highest BCUT2D eigenvalue weighted by molar-refractivity contribution is 6.22. The van der Waals surface area contributed by atoms with Crippen molar-refractivity contribution in [1.29, 1.82) is 0 Å². The molecule has 0 aromatic heterocycles. The number of carbonyl (C=O) groups is 3. The van der Waals surface area contributed by atoms with Crippen molar-refractivity contribution in [3.63, 3.8) is 0 Å². The van der Waals surface area contributed by atoms with Gasteiger partial charge in [-0.25, -0.2) is 0 Å². The number of non-ortho nitro benzene ring substituents is 1. The van der Waals surface area contributed by atoms with Crippen molar-refractivity contribution in [3.05, 3.63) is 74.3 Å². The number of amides is 3. The summed E-state index contributed by atoms with van der Waals surface area (Å²) in [6.07, 6.45) is 0. The average molecular weight is 381 g/mol. The number of hydrogen-bond donors (Lipinski definition) is 1. The predicted molar refractivity (Wildman–Crippen MR) is 101 cm³/mol. The van der Waals surface area contributed by atoms with Crippen molar-refractivity contribution in [2.75, 3.05) is 6.54 Å². The fraction of sp³-hybridized carbons (Fsp3) is 0.250. The second kappa shape index (κ2) is 7.22. The van der Waals surface area contributed by atoms with Crippen LogP contribution in [0.4, 0.5) is 5.69 Å². The maximum Gasteiger partial charge on any atom is 0.270 e. The summed E-state index contributed by atoms with van der Waals surface area (Å²) in [5.41, 5.74) is 2.87. The van der Waals surface area contributed by atoms with Crippen LogP contribution in [-0.4, -0.2) is 34.1 Å². The van der Waals surface area contributed by atoms with Crippen LogP contribution in [0.1, 0.15) is 50.4 Å². The van der Waals surface area contributed by atoms with Gasteiger partial charge >= 0.3 is 0 Å². The Morgan fingerprint density at radius 2 is 1.75 bits per heavy atom. The minimum absolute atomic E-state index is 0.0607. The molecule has 3 amide bonds. The number of nitro benzene ring substituents is 1.